The number of rotatable bonds is 1. The average Bonchev–Trinajstić information content (AvgIpc) is 2.63. The number of pyridine rings is 1. The molecule has 0 spiro atoms. The Morgan fingerprint density at radius 2 is 2.46 bits per heavy atom. The Morgan fingerprint density at radius 1 is 1.62 bits per heavy atom. The van der Waals surface area contributed by atoms with Crippen molar-refractivity contribution >= 4 is 11.5 Å². The molecule has 0 aliphatic rings. The van der Waals surface area contributed by atoms with Crippen LogP contribution in [0.5, 0.6) is 0 Å². The first-order valence-corrected chi connectivity index (χ1v) is 3.82. The van der Waals surface area contributed by atoms with Gasteiger partial charge in [0.2, 0.25) is 0 Å². The molecule has 2 heterocycles. The molecule has 4 heteroatoms. The van der Waals surface area contributed by atoms with Crippen molar-refractivity contribution in [1.29, 1.82) is 0 Å². The van der Waals surface area contributed by atoms with Gasteiger partial charge in [-0.15, -0.1) is 0 Å². The molecular formula is C9H8N2O2. The topological polar surface area (TPSA) is 43.6 Å². The number of fused-ring (bicyclic) bond motifs is 1. The monoisotopic (exact) mass is 176 g/mol. The maximum atomic E-state index is 11.3. The van der Waals surface area contributed by atoms with Crippen molar-refractivity contribution in [1.82, 2.24) is 9.38 Å². The number of carbonyl (C=O) groups is 1. The number of carbonyl (C=O) groups excluding carboxylic acids is 1. The van der Waals surface area contributed by atoms with Crippen molar-refractivity contribution in [3.8, 4) is 0 Å². The van der Waals surface area contributed by atoms with Gasteiger partial charge in [0, 0.05) is 6.20 Å². The van der Waals surface area contributed by atoms with E-state index in [1.165, 1.54) is 7.11 Å². The summed E-state index contributed by atoms with van der Waals surface area (Å²) in [6.07, 6.45) is 5.10. The molecule has 0 N–H and O–H groups in total. The maximum absolute atomic E-state index is 11.3. The minimum atomic E-state index is -0.342. The van der Waals surface area contributed by atoms with Crippen molar-refractivity contribution < 1.29 is 9.53 Å². The normalized spacial score (nSPS) is 10.2. The quantitative estimate of drug-likeness (QED) is 0.611. The minimum absolute atomic E-state index is 0.342. The lowest BCUT2D eigenvalue weighted by atomic mass is 10.2. The number of esters is 1. The Morgan fingerprint density at radius 3 is 3.23 bits per heavy atom. The summed E-state index contributed by atoms with van der Waals surface area (Å²) in [5.74, 6) is -0.342. The number of hydrogen-bond acceptors (Lipinski definition) is 3. The van der Waals surface area contributed by atoms with Gasteiger partial charge in [-0.2, -0.15) is 0 Å². The molecule has 13 heavy (non-hydrogen) atoms. The molecule has 0 bridgehead atoms. The van der Waals surface area contributed by atoms with Crippen LogP contribution in [-0.2, 0) is 4.74 Å². The van der Waals surface area contributed by atoms with E-state index in [0.717, 1.165) is 5.52 Å². The van der Waals surface area contributed by atoms with Crippen LogP contribution >= 0.6 is 0 Å². The highest BCUT2D eigenvalue weighted by atomic mass is 16.5. The van der Waals surface area contributed by atoms with E-state index in [1.807, 2.05) is 6.20 Å². The third-order valence-corrected chi connectivity index (χ3v) is 1.86. The predicted octanol–water partition coefficient (Wildman–Crippen LogP) is 1.12. The average molecular weight is 176 g/mol. The van der Waals surface area contributed by atoms with E-state index in [4.69, 9.17) is 0 Å². The van der Waals surface area contributed by atoms with Crippen molar-refractivity contribution in [2.24, 2.45) is 0 Å². The number of nitrogens with zero attached hydrogens (tertiary/aromatic N) is 2. The molecule has 2 aromatic rings. The van der Waals surface area contributed by atoms with Crippen molar-refractivity contribution in [3.05, 3.63) is 36.4 Å². The first kappa shape index (κ1) is 7.79. The summed E-state index contributed by atoms with van der Waals surface area (Å²) >= 11 is 0. The Bertz CT molecular complexity index is 448. The van der Waals surface area contributed by atoms with E-state index in [-0.39, 0.29) is 5.97 Å². The number of imidazole rings is 1. The van der Waals surface area contributed by atoms with Crippen LogP contribution in [-0.4, -0.2) is 22.5 Å². The van der Waals surface area contributed by atoms with Crippen molar-refractivity contribution in [2.45, 2.75) is 0 Å². The first-order chi connectivity index (χ1) is 6.33. The van der Waals surface area contributed by atoms with Gasteiger partial charge in [0.25, 0.3) is 0 Å². The van der Waals surface area contributed by atoms with Crippen molar-refractivity contribution in [2.75, 3.05) is 7.11 Å². The second-order valence-electron chi connectivity index (χ2n) is 2.60. The standard InChI is InChI=1S/C9H8N2O2/c1-13-9(12)7-3-2-4-11-6-10-5-8(7)11/h2-6H,1H3. The van der Waals surface area contributed by atoms with E-state index in [0.29, 0.717) is 5.56 Å². The summed E-state index contributed by atoms with van der Waals surface area (Å²) < 4.78 is 6.40. The molecule has 0 aromatic carbocycles. The zero-order valence-corrected chi connectivity index (χ0v) is 7.10. The second-order valence-corrected chi connectivity index (χ2v) is 2.60. The Hall–Kier alpha value is -1.84. The molecular weight excluding hydrogens is 168 g/mol. The number of ether oxygens (including phenoxy) is 1. The maximum Gasteiger partial charge on any atom is 0.340 e. The lowest BCUT2D eigenvalue weighted by Crippen LogP contribution is -2.02. The SMILES string of the molecule is COC(=O)c1cccn2cncc12. The first-order valence-electron chi connectivity index (χ1n) is 3.82. The summed E-state index contributed by atoms with van der Waals surface area (Å²) in [5, 5.41) is 0. The van der Waals surface area contributed by atoms with Gasteiger partial charge < -0.3 is 9.14 Å². The third-order valence-electron chi connectivity index (χ3n) is 1.86. The minimum Gasteiger partial charge on any atom is -0.465 e. The number of hydrogen-bond donors (Lipinski definition) is 0. The van der Waals surface area contributed by atoms with Gasteiger partial charge >= 0.3 is 5.97 Å². The van der Waals surface area contributed by atoms with Crippen molar-refractivity contribution in [3.63, 3.8) is 0 Å². The van der Waals surface area contributed by atoms with Crippen LogP contribution in [0.3, 0.4) is 0 Å². The fraction of sp³-hybridized carbons (Fsp3) is 0.111. The number of aromatic nitrogens is 2. The molecule has 0 unspecified atom stereocenters. The van der Waals surface area contributed by atoms with Gasteiger partial charge in [-0.1, -0.05) is 0 Å². The lowest BCUT2D eigenvalue weighted by molar-refractivity contribution is 0.0602. The fourth-order valence-electron chi connectivity index (χ4n) is 1.23. The van der Waals surface area contributed by atoms with E-state index in [1.54, 1.807) is 29.1 Å². The number of methoxy groups -OCH3 is 1. The van der Waals surface area contributed by atoms with E-state index in [9.17, 15) is 4.79 Å². The van der Waals surface area contributed by atoms with Gasteiger partial charge in [0.05, 0.1) is 30.7 Å². The van der Waals surface area contributed by atoms with Gasteiger partial charge in [0.15, 0.2) is 0 Å². The summed E-state index contributed by atoms with van der Waals surface area (Å²) in [6.45, 7) is 0. The molecule has 0 atom stereocenters. The molecule has 0 saturated carbocycles. The summed E-state index contributed by atoms with van der Waals surface area (Å²) in [7, 11) is 1.36. The zero-order valence-electron chi connectivity index (χ0n) is 7.10. The van der Waals surface area contributed by atoms with Crippen LogP contribution in [0.1, 0.15) is 10.4 Å². The van der Waals surface area contributed by atoms with Crippen LogP contribution in [0.15, 0.2) is 30.9 Å². The second kappa shape index (κ2) is 2.90. The van der Waals surface area contributed by atoms with E-state index < -0.39 is 0 Å². The highest BCUT2D eigenvalue weighted by molar-refractivity contribution is 5.96. The van der Waals surface area contributed by atoms with Gasteiger partial charge in [-0.3, -0.25) is 0 Å². The predicted molar refractivity (Wildman–Crippen MR) is 46.5 cm³/mol. The lowest BCUT2D eigenvalue weighted by Gasteiger charge is -2.00. The largest absolute Gasteiger partial charge is 0.465 e. The highest BCUT2D eigenvalue weighted by Gasteiger charge is 2.09. The van der Waals surface area contributed by atoms with Crippen LogP contribution in [0.25, 0.3) is 5.52 Å². The van der Waals surface area contributed by atoms with E-state index >= 15 is 0 Å². The van der Waals surface area contributed by atoms with Crippen LogP contribution in [0.2, 0.25) is 0 Å². The van der Waals surface area contributed by atoms with Crippen LogP contribution < -0.4 is 0 Å². The fourth-order valence-corrected chi connectivity index (χ4v) is 1.23. The summed E-state index contributed by atoms with van der Waals surface area (Å²) in [4.78, 5) is 15.2. The van der Waals surface area contributed by atoms with Crippen LogP contribution in [0.4, 0.5) is 0 Å². The Balaban J connectivity index is 2.67. The van der Waals surface area contributed by atoms with Gasteiger partial charge in [-0.05, 0) is 12.1 Å². The smallest absolute Gasteiger partial charge is 0.340 e. The summed E-state index contributed by atoms with van der Waals surface area (Å²) in [5.41, 5.74) is 1.29. The molecule has 2 rings (SSSR count). The van der Waals surface area contributed by atoms with Gasteiger partial charge in [0.1, 0.15) is 0 Å². The van der Waals surface area contributed by atoms with Gasteiger partial charge in [-0.25, -0.2) is 9.78 Å². The molecule has 0 radical (unpaired) electrons. The zero-order chi connectivity index (χ0) is 9.26. The molecule has 66 valence electrons. The molecule has 0 aliphatic heterocycles. The Labute approximate surface area is 74.8 Å². The third kappa shape index (κ3) is 1.16. The molecule has 0 saturated heterocycles. The van der Waals surface area contributed by atoms with E-state index in [2.05, 4.69) is 9.72 Å². The highest BCUT2D eigenvalue weighted by Crippen LogP contribution is 2.10. The molecule has 4 nitrogen and oxygen atoms in total. The molecule has 2 aromatic heterocycles. The summed E-state index contributed by atoms with van der Waals surface area (Å²) in [6, 6.07) is 3.49. The molecule has 0 fully saturated rings. The Kier molecular flexibility index (Phi) is 1.73. The molecule has 0 amide bonds. The van der Waals surface area contributed by atoms with Crippen LogP contribution in [0, 0.1) is 0 Å². The molecule has 0 aliphatic carbocycles.